The van der Waals surface area contributed by atoms with E-state index in [1.165, 1.54) is 35.6 Å². The molecule has 2 aromatic rings. The summed E-state index contributed by atoms with van der Waals surface area (Å²) in [7, 11) is 0. The van der Waals surface area contributed by atoms with E-state index in [4.69, 9.17) is 0 Å². The molecule has 2 rings (SSSR count). The van der Waals surface area contributed by atoms with Gasteiger partial charge in [0.25, 0.3) is 5.91 Å². The Bertz CT molecular complexity index is 739. The van der Waals surface area contributed by atoms with Crippen molar-refractivity contribution in [2.75, 3.05) is 0 Å². The summed E-state index contributed by atoms with van der Waals surface area (Å²) in [5.74, 6) is -0.302. The maximum Gasteiger partial charge on any atom is 0.573 e. The van der Waals surface area contributed by atoms with E-state index in [2.05, 4.69) is 15.0 Å². The van der Waals surface area contributed by atoms with Gasteiger partial charge in [0.1, 0.15) is 10.6 Å². The monoisotopic (exact) mass is 372 g/mol. The number of hydrogen-bond acceptors (Lipinski definition) is 4. The van der Waals surface area contributed by atoms with Crippen LogP contribution < -0.4 is 10.1 Å². The number of aromatic nitrogens is 1. The summed E-state index contributed by atoms with van der Waals surface area (Å²) in [5.41, 5.74) is 1.35. The van der Waals surface area contributed by atoms with E-state index >= 15 is 0 Å². The molecular weight excluding hydrogens is 353 g/mol. The lowest BCUT2D eigenvalue weighted by Gasteiger charge is -2.15. The minimum atomic E-state index is -4.72. The van der Waals surface area contributed by atoms with E-state index in [9.17, 15) is 18.0 Å². The minimum Gasteiger partial charge on any atom is -0.406 e. The Labute approximate surface area is 148 Å². The number of thiazole rings is 1. The molecule has 25 heavy (non-hydrogen) atoms. The van der Waals surface area contributed by atoms with Crippen molar-refractivity contribution in [1.29, 1.82) is 0 Å². The first-order chi connectivity index (χ1) is 11.6. The minimum absolute atomic E-state index is 0.240. The van der Waals surface area contributed by atoms with Crippen LogP contribution in [0.2, 0.25) is 0 Å². The Morgan fingerprint density at radius 2 is 1.80 bits per heavy atom. The highest BCUT2D eigenvalue weighted by Gasteiger charge is 2.31. The quantitative estimate of drug-likeness (QED) is 0.807. The lowest BCUT2D eigenvalue weighted by molar-refractivity contribution is -0.274. The number of carbonyl (C=O) groups excluding carboxylic acids is 1. The second-order valence-electron chi connectivity index (χ2n) is 5.93. The molecule has 0 fully saturated rings. The van der Waals surface area contributed by atoms with E-state index in [-0.39, 0.29) is 23.6 Å². The maximum absolute atomic E-state index is 12.4. The molecule has 0 aliphatic heterocycles. The fraction of sp³-hybridized carbons (Fsp3) is 0.412. The standard InChI is InChI=1S/C17H19F3N2O2S/c1-9(2)16-22-11(4)14(25-16)15(23)21-10(3)12-5-7-13(8-6-12)24-17(18,19)20/h5-10H,1-4H3,(H,21,23). The third-order valence-electron chi connectivity index (χ3n) is 3.47. The van der Waals surface area contributed by atoms with Gasteiger partial charge >= 0.3 is 6.36 Å². The van der Waals surface area contributed by atoms with Gasteiger partial charge in [-0.05, 0) is 31.5 Å². The number of carbonyl (C=O) groups is 1. The summed E-state index contributed by atoms with van der Waals surface area (Å²) >= 11 is 1.35. The number of alkyl halides is 3. The number of halogens is 3. The molecule has 1 atom stereocenters. The first kappa shape index (κ1) is 19.2. The molecule has 1 amide bonds. The predicted octanol–water partition coefficient (Wildman–Crippen LogP) is 4.96. The van der Waals surface area contributed by atoms with Gasteiger partial charge < -0.3 is 10.1 Å². The second kappa shape index (κ2) is 7.43. The zero-order valence-electron chi connectivity index (χ0n) is 14.3. The Kier molecular flexibility index (Phi) is 5.72. The predicted molar refractivity (Wildman–Crippen MR) is 89.9 cm³/mol. The van der Waals surface area contributed by atoms with Gasteiger partial charge in [-0.15, -0.1) is 24.5 Å². The van der Waals surface area contributed by atoms with Gasteiger partial charge in [-0.2, -0.15) is 0 Å². The molecule has 0 aliphatic rings. The SMILES string of the molecule is Cc1nc(C(C)C)sc1C(=O)NC(C)c1ccc(OC(F)(F)F)cc1. The Morgan fingerprint density at radius 1 is 1.20 bits per heavy atom. The molecule has 0 bridgehead atoms. The van der Waals surface area contributed by atoms with Crippen molar-refractivity contribution in [3.05, 3.63) is 45.4 Å². The van der Waals surface area contributed by atoms with Crippen LogP contribution in [0, 0.1) is 6.92 Å². The van der Waals surface area contributed by atoms with Crippen LogP contribution in [0.25, 0.3) is 0 Å². The molecule has 1 aromatic carbocycles. The fourth-order valence-corrected chi connectivity index (χ4v) is 3.15. The molecule has 0 saturated heterocycles. The number of hydrogen-bond donors (Lipinski definition) is 1. The average molecular weight is 372 g/mol. The highest BCUT2D eigenvalue weighted by atomic mass is 32.1. The van der Waals surface area contributed by atoms with E-state index in [0.717, 1.165) is 5.01 Å². The van der Waals surface area contributed by atoms with Crippen molar-refractivity contribution in [1.82, 2.24) is 10.3 Å². The zero-order valence-corrected chi connectivity index (χ0v) is 15.1. The first-order valence-electron chi connectivity index (χ1n) is 7.70. The number of rotatable bonds is 5. The van der Waals surface area contributed by atoms with Gasteiger partial charge in [0.05, 0.1) is 16.7 Å². The Balaban J connectivity index is 2.06. The molecule has 4 nitrogen and oxygen atoms in total. The maximum atomic E-state index is 12.4. The molecule has 1 N–H and O–H groups in total. The van der Waals surface area contributed by atoms with Gasteiger partial charge in [-0.3, -0.25) is 4.79 Å². The molecule has 136 valence electrons. The van der Waals surface area contributed by atoms with E-state index in [1.807, 2.05) is 13.8 Å². The second-order valence-corrected chi connectivity index (χ2v) is 6.96. The van der Waals surface area contributed by atoms with Gasteiger partial charge in [-0.1, -0.05) is 26.0 Å². The summed E-state index contributed by atoms with van der Waals surface area (Å²) in [4.78, 5) is 17.4. The Morgan fingerprint density at radius 3 is 2.28 bits per heavy atom. The van der Waals surface area contributed by atoms with Crippen molar-refractivity contribution < 1.29 is 22.7 Å². The van der Waals surface area contributed by atoms with Crippen LogP contribution in [0.5, 0.6) is 5.75 Å². The molecule has 0 radical (unpaired) electrons. The van der Waals surface area contributed by atoms with Crippen molar-refractivity contribution >= 4 is 17.2 Å². The molecule has 1 aromatic heterocycles. The van der Waals surface area contributed by atoms with Crippen LogP contribution in [-0.2, 0) is 0 Å². The number of ether oxygens (including phenoxy) is 1. The molecule has 0 saturated carbocycles. The Hall–Kier alpha value is -2.09. The lowest BCUT2D eigenvalue weighted by atomic mass is 10.1. The normalized spacial score (nSPS) is 13.0. The molecule has 0 spiro atoms. The van der Waals surface area contributed by atoms with E-state index < -0.39 is 6.36 Å². The van der Waals surface area contributed by atoms with Gasteiger partial charge in [0, 0.05) is 5.92 Å². The fourth-order valence-electron chi connectivity index (χ4n) is 2.18. The van der Waals surface area contributed by atoms with Crippen LogP contribution >= 0.6 is 11.3 Å². The van der Waals surface area contributed by atoms with Crippen LogP contribution in [0.15, 0.2) is 24.3 Å². The average Bonchev–Trinajstić information content (AvgIpc) is 2.88. The third-order valence-corrected chi connectivity index (χ3v) is 4.93. The highest BCUT2D eigenvalue weighted by Crippen LogP contribution is 2.26. The zero-order chi connectivity index (χ0) is 18.8. The van der Waals surface area contributed by atoms with Crippen LogP contribution in [0.4, 0.5) is 13.2 Å². The van der Waals surface area contributed by atoms with Crippen LogP contribution in [-0.4, -0.2) is 17.3 Å². The van der Waals surface area contributed by atoms with Crippen molar-refractivity contribution in [3.63, 3.8) is 0 Å². The van der Waals surface area contributed by atoms with Crippen molar-refractivity contribution in [2.45, 2.75) is 46.0 Å². The summed E-state index contributed by atoms with van der Waals surface area (Å²) < 4.78 is 40.4. The topological polar surface area (TPSA) is 51.2 Å². The number of benzene rings is 1. The van der Waals surface area contributed by atoms with Crippen molar-refractivity contribution in [2.24, 2.45) is 0 Å². The molecule has 1 unspecified atom stereocenters. The van der Waals surface area contributed by atoms with Crippen LogP contribution in [0.3, 0.4) is 0 Å². The molecule has 8 heteroatoms. The molecule has 0 aliphatic carbocycles. The summed E-state index contributed by atoms with van der Waals surface area (Å²) in [6.45, 7) is 7.56. The molecular formula is C17H19F3N2O2S. The third kappa shape index (κ3) is 5.19. The largest absolute Gasteiger partial charge is 0.573 e. The highest BCUT2D eigenvalue weighted by molar-refractivity contribution is 7.13. The lowest BCUT2D eigenvalue weighted by Crippen LogP contribution is -2.26. The number of nitrogens with one attached hydrogen (secondary N) is 1. The smallest absolute Gasteiger partial charge is 0.406 e. The van der Waals surface area contributed by atoms with Gasteiger partial charge in [-0.25, -0.2) is 4.98 Å². The van der Waals surface area contributed by atoms with E-state index in [0.29, 0.717) is 16.1 Å². The molecule has 1 heterocycles. The number of nitrogens with zero attached hydrogens (tertiary/aromatic N) is 1. The van der Waals surface area contributed by atoms with Gasteiger partial charge in [0.2, 0.25) is 0 Å². The van der Waals surface area contributed by atoms with Gasteiger partial charge in [0.15, 0.2) is 0 Å². The van der Waals surface area contributed by atoms with E-state index in [1.54, 1.807) is 13.8 Å². The first-order valence-corrected chi connectivity index (χ1v) is 8.52. The van der Waals surface area contributed by atoms with Crippen LogP contribution in [0.1, 0.15) is 58.7 Å². The number of aryl methyl sites for hydroxylation is 1. The van der Waals surface area contributed by atoms with Crippen molar-refractivity contribution in [3.8, 4) is 5.75 Å². The summed E-state index contributed by atoms with van der Waals surface area (Å²) in [6, 6.07) is 5.06. The summed E-state index contributed by atoms with van der Waals surface area (Å²) in [6.07, 6.45) is -4.72. The number of amides is 1. The summed E-state index contributed by atoms with van der Waals surface area (Å²) in [5, 5.41) is 3.73.